The minimum atomic E-state index is 0.0152. The van der Waals surface area contributed by atoms with Gasteiger partial charge in [0.25, 0.3) is 0 Å². The Morgan fingerprint density at radius 1 is 1.00 bits per heavy atom. The Hall–Kier alpha value is -0.580. The van der Waals surface area contributed by atoms with Crippen molar-refractivity contribution >= 4 is 51.6 Å². The highest BCUT2D eigenvalue weighted by molar-refractivity contribution is 14.1. The van der Waals surface area contributed by atoms with Gasteiger partial charge in [-0.05, 0) is 52.4 Å². The summed E-state index contributed by atoms with van der Waals surface area (Å²) in [6.45, 7) is 0. The van der Waals surface area contributed by atoms with E-state index in [2.05, 4.69) is 22.6 Å². The molecule has 4 heteroatoms. The number of ketones is 1. The topological polar surface area (TPSA) is 17.1 Å². The van der Waals surface area contributed by atoms with Crippen LogP contribution in [-0.4, -0.2) is 5.78 Å². The molecule has 1 nitrogen and oxygen atoms in total. The first-order valence-corrected chi connectivity index (χ1v) is 7.13. The fourth-order valence-corrected chi connectivity index (χ4v) is 2.49. The maximum Gasteiger partial charge on any atom is 0.167 e. The minimum Gasteiger partial charge on any atom is -0.294 e. The quantitative estimate of drug-likeness (QED) is 0.531. The van der Waals surface area contributed by atoms with Gasteiger partial charge in [-0.2, -0.15) is 0 Å². The molecule has 0 spiro atoms. The predicted molar refractivity (Wildman–Crippen MR) is 83.7 cm³/mol. The third-order valence-electron chi connectivity index (χ3n) is 2.57. The third-order valence-corrected chi connectivity index (χ3v) is 3.99. The molecular formula is C14H9Cl2IO. The molecule has 0 amide bonds. The van der Waals surface area contributed by atoms with Crippen molar-refractivity contribution in [2.24, 2.45) is 0 Å². The van der Waals surface area contributed by atoms with Gasteiger partial charge in [-0.1, -0.05) is 41.4 Å². The van der Waals surface area contributed by atoms with Crippen molar-refractivity contribution in [1.29, 1.82) is 0 Å². The van der Waals surface area contributed by atoms with Crippen LogP contribution in [0, 0.1) is 3.57 Å². The van der Waals surface area contributed by atoms with Gasteiger partial charge < -0.3 is 0 Å². The van der Waals surface area contributed by atoms with Gasteiger partial charge >= 0.3 is 0 Å². The standard InChI is InChI=1S/C14H9Cl2IO/c15-12-2-1-3-13(16)11(12)8-14(18)9-4-6-10(17)7-5-9/h1-7H,8H2. The number of Topliss-reactive ketones (excluding diaryl/α,β-unsaturated/α-hetero) is 1. The van der Waals surface area contributed by atoms with Crippen LogP contribution in [0.5, 0.6) is 0 Å². The normalized spacial score (nSPS) is 10.4. The highest BCUT2D eigenvalue weighted by Crippen LogP contribution is 2.25. The molecule has 0 saturated carbocycles. The van der Waals surface area contributed by atoms with Gasteiger partial charge in [-0.3, -0.25) is 4.79 Å². The van der Waals surface area contributed by atoms with Crippen molar-refractivity contribution in [3.63, 3.8) is 0 Å². The van der Waals surface area contributed by atoms with E-state index in [9.17, 15) is 4.79 Å². The lowest BCUT2D eigenvalue weighted by Crippen LogP contribution is -2.04. The van der Waals surface area contributed by atoms with Crippen LogP contribution in [0.3, 0.4) is 0 Å². The molecule has 2 rings (SSSR count). The molecule has 0 N–H and O–H groups in total. The smallest absolute Gasteiger partial charge is 0.167 e. The molecule has 0 radical (unpaired) electrons. The Kier molecular flexibility index (Phi) is 4.65. The second kappa shape index (κ2) is 6.04. The molecule has 0 aliphatic heterocycles. The summed E-state index contributed by atoms with van der Waals surface area (Å²) in [6.07, 6.45) is 0.221. The Balaban J connectivity index is 2.24. The summed E-state index contributed by atoms with van der Waals surface area (Å²) in [5.74, 6) is 0.0152. The number of hydrogen-bond acceptors (Lipinski definition) is 1. The van der Waals surface area contributed by atoms with Gasteiger partial charge in [-0.25, -0.2) is 0 Å². The van der Waals surface area contributed by atoms with Crippen LogP contribution in [-0.2, 0) is 6.42 Å². The first kappa shape index (κ1) is 13.8. The summed E-state index contributed by atoms with van der Waals surface area (Å²) in [6, 6.07) is 12.7. The highest BCUT2D eigenvalue weighted by Gasteiger charge is 2.12. The molecule has 0 bridgehead atoms. The lowest BCUT2D eigenvalue weighted by molar-refractivity contribution is 0.0993. The van der Waals surface area contributed by atoms with Crippen LogP contribution < -0.4 is 0 Å². The van der Waals surface area contributed by atoms with Gasteiger partial charge in [0.2, 0.25) is 0 Å². The molecule has 0 unspecified atom stereocenters. The molecule has 0 atom stereocenters. The van der Waals surface area contributed by atoms with Crippen LogP contribution in [0.4, 0.5) is 0 Å². The van der Waals surface area contributed by atoms with Crippen molar-refractivity contribution in [2.75, 3.05) is 0 Å². The van der Waals surface area contributed by atoms with Gasteiger partial charge in [-0.15, -0.1) is 0 Å². The molecule has 0 aromatic heterocycles. The summed E-state index contributed by atoms with van der Waals surface area (Å²) in [5.41, 5.74) is 1.36. The van der Waals surface area contributed by atoms with Gasteiger partial charge in [0, 0.05) is 25.6 Å². The zero-order valence-electron chi connectivity index (χ0n) is 9.29. The number of hydrogen-bond donors (Lipinski definition) is 0. The molecular weight excluding hydrogens is 382 g/mol. The number of carbonyl (C=O) groups excluding carboxylic acids is 1. The lowest BCUT2D eigenvalue weighted by Gasteiger charge is -2.06. The van der Waals surface area contributed by atoms with Crippen LogP contribution in [0.1, 0.15) is 15.9 Å². The summed E-state index contributed by atoms with van der Waals surface area (Å²) >= 11 is 14.3. The van der Waals surface area contributed by atoms with E-state index in [4.69, 9.17) is 23.2 Å². The maximum atomic E-state index is 12.1. The number of carbonyl (C=O) groups is 1. The van der Waals surface area contributed by atoms with Crippen molar-refractivity contribution in [1.82, 2.24) is 0 Å². The van der Waals surface area contributed by atoms with Crippen molar-refractivity contribution in [3.8, 4) is 0 Å². The van der Waals surface area contributed by atoms with Gasteiger partial charge in [0.05, 0.1) is 0 Å². The molecule has 92 valence electrons. The third kappa shape index (κ3) is 3.25. The van der Waals surface area contributed by atoms with E-state index < -0.39 is 0 Å². The summed E-state index contributed by atoms with van der Waals surface area (Å²) < 4.78 is 1.10. The van der Waals surface area contributed by atoms with Gasteiger partial charge in [0.15, 0.2) is 5.78 Å². The van der Waals surface area contributed by atoms with Crippen molar-refractivity contribution in [2.45, 2.75) is 6.42 Å². The highest BCUT2D eigenvalue weighted by atomic mass is 127. The molecule has 18 heavy (non-hydrogen) atoms. The van der Waals surface area contributed by atoms with E-state index in [0.29, 0.717) is 21.2 Å². The van der Waals surface area contributed by atoms with E-state index >= 15 is 0 Å². The SMILES string of the molecule is O=C(Cc1c(Cl)cccc1Cl)c1ccc(I)cc1. The van der Waals surface area contributed by atoms with Crippen LogP contribution >= 0.6 is 45.8 Å². The van der Waals surface area contributed by atoms with E-state index in [0.717, 1.165) is 3.57 Å². The molecule has 0 aliphatic carbocycles. The minimum absolute atomic E-state index is 0.0152. The Labute approximate surface area is 129 Å². The first-order chi connectivity index (χ1) is 8.58. The summed E-state index contributed by atoms with van der Waals surface area (Å²) in [5, 5.41) is 1.06. The fourth-order valence-electron chi connectivity index (χ4n) is 1.60. The lowest BCUT2D eigenvalue weighted by atomic mass is 10.0. The fraction of sp³-hybridized carbons (Fsp3) is 0.0714. The molecule has 2 aromatic rings. The van der Waals surface area contributed by atoms with Crippen molar-refractivity contribution in [3.05, 3.63) is 67.2 Å². The van der Waals surface area contributed by atoms with Crippen molar-refractivity contribution < 1.29 is 4.79 Å². The average Bonchev–Trinajstić information content (AvgIpc) is 2.34. The molecule has 2 aromatic carbocycles. The Morgan fingerprint density at radius 2 is 1.56 bits per heavy atom. The second-order valence-corrected chi connectivity index (χ2v) is 5.87. The van der Waals surface area contributed by atoms with Gasteiger partial charge in [0.1, 0.15) is 0 Å². The number of halogens is 3. The van der Waals surface area contributed by atoms with E-state index in [1.54, 1.807) is 18.2 Å². The Bertz CT molecular complexity index is 559. The maximum absolute atomic E-state index is 12.1. The van der Waals surface area contributed by atoms with E-state index in [1.807, 2.05) is 24.3 Å². The molecule has 0 heterocycles. The second-order valence-electron chi connectivity index (χ2n) is 3.81. The zero-order chi connectivity index (χ0) is 13.1. The summed E-state index contributed by atoms with van der Waals surface area (Å²) in [7, 11) is 0. The largest absolute Gasteiger partial charge is 0.294 e. The first-order valence-electron chi connectivity index (χ1n) is 5.29. The molecule has 0 aliphatic rings. The predicted octanol–water partition coefficient (Wildman–Crippen LogP) is 5.02. The van der Waals surface area contributed by atoms with Crippen LogP contribution in [0.2, 0.25) is 10.0 Å². The van der Waals surface area contributed by atoms with Crippen LogP contribution in [0.25, 0.3) is 0 Å². The summed E-state index contributed by atoms with van der Waals surface area (Å²) in [4.78, 5) is 12.1. The van der Waals surface area contributed by atoms with E-state index in [1.165, 1.54) is 0 Å². The van der Waals surface area contributed by atoms with Crippen LogP contribution in [0.15, 0.2) is 42.5 Å². The average molecular weight is 391 g/mol. The number of rotatable bonds is 3. The Morgan fingerprint density at radius 3 is 2.11 bits per heavy atom. The molecule has 0 saturated heterocycles. The van der Waals surface area contributed by atoms with E-state index in [-0.39, 0.29) is 12.2 Å². The molecule has 0 fully saturated rings. The zero-order valence-corrected chi connectivity index (χ0v) is 13.0. The monoisotopic (exact) mass is 390 g/mol. The number of benzene rings is 2.